The number of rotatable bonds is 2. The Bertz CT molecular complexity index is 518. The van der Waals surface area contributed by atoms with Gasteiger partial charge < -0.3 is 4.98 Å². The summed E-state index contributed by atoms with van der Waals surface area (Å²) in [4.78, 5) is 22.6. The SMILES string of the molecule is CC(C)C(=O)c1c[nH]c2ncnc(Cl)c12. The molecule has 5 heteroatoms. The van der Waals surface area contributed by atoms with Crippen molar-refractivity contribution in [3.8, 4) is 0 Å². The van der Waals surface area contributed by atoms with Crippen LogP contribution in [-0.2, 0) is 0 Å². The number of Topliss-reactive ketones (excluding diaryl/α,β-unsaturated/α-hetero) is 1. The summed E-state index contributed by atoms with van der Waals surface area (Å²) in [6.45, 7) is 3.69. The molecule has 4 nitrogen and oxygen atoms in total. The highest BCUT2D eigenvalue weighted by Crippen LogP contribution is 2.24. The van der Waals surface area contributed by atoms with Crippen LogP contribution in [0.5, 0.6) is 0 Å². The maximum atomic E-state index is 11.8. The molecular weight excluding hydrogens is 214 g/mol. The second kappa shape index (κ2) is 3.62. The lowest BCUT2D eigenvalue weighted by Gasteiger charge is -2.02. The van der Waals surface area contributed by atoms with Gasteiger partial charge in [0.15, 0.2) is 5.78 Å². The minimum Gasteiger partial charge on any atom is -0.345 e. The number of H-pyrrole nitrogens is 1. The van der Waals surface area contributed by atoms with Gasteiger partial charge in [0.2, 0.25) is 0 Å². The fourth-order valence-corrected chi connectivity index (χ4v) is 1.67. The van der Waals surface area contributed by atoms with Crippen LogP contribution in [-0.4, -0.2) is 20.7 Å². The number of aromatic amines is 1. The van der Waals surface area contributed by atoms with E-state index in [1.165, 1.54) is 6.33 Å². The van der Waals surface area contributed by atoms with Crippen LogP contribution in [0, 0.1) is 5.92 Å². The second-order valence-corrected chi connectivity index (χ2v) is 3.97. The predicted molar refractivity (Wildman–Crippen MR) is 58.1 cm³/mol. The summed E-state index contributed by atoms with van der Waals surface area (Å²) in [6.07, 6.45) is 3.00. The zero-order valence-electron chi connectivity index (χ0n) is 8.41. The Hall–Kier alpha value is -1.42. The van der Waals surface area contributed by atoms with E-state index in [0.29, 0.717) is 21.7 Å². The topological polar surface area (TPSA) is 58.6 Å². The molecule has 2 aromatic rings. The van der Waals surface area contributed by atoms with Crippen LogP contribution in [0.2, 0.25) is 5.15 Å². The third-order valence-corrected chi connectivity index (χ3v) is 2.50. The molecule has 0 atom stereocenters. The van der Waals surface area contributed by atoms with Crippen LogP contribution >= 0.6 is 11.6 Å². The third kappa shape index (κ3) is 1.61. The molecule has 0 saturated heterocycles. The molecule has 0 radical (unpaired) electrons. The molecule has 15 heavy (non-hydrogen) atoms. The number of carbonyl (C=O) groups is 1. The van der Waals surface area contributed by atoms with Crippen molar-refractivity contribution in [3.05, 3.63) is 23.2 Å². The monoisotopic (exact) mass is 223 g/mol. The van der Waals surface area contributed by atoms with Gasteiger partial charge in [-0.2, -0.15) is 0 Å². The quantitative estimate of drug-likeness (QED) is 0.629. The molecule has 0 aliphatic heterocycles. The molecule has 0 aliphatic carbocycles. The summed E-state index contributed by atoms with van der Waals surface area (Å²) in [5.74, 6) is -0.0294. The van der Waals surface area contributed by atoms with Gasteiger partial charge in [0.1, 0.15) is 17.1 Å². The molecule has 0 aromatic carbocycles. The number of hydrogen-bond donors (Lipinski definition) is 1. The third-order valence-electron chi connectivity index (χ3n) is 2.21. The summed E-state index contributed by atoms with van der Waals surface area (Å²) in [7, 11) is 0. The van der Waals surface area contributed by atoms with Crippen LogP contribution in [0.15, 0.2) is 12.5 Å². The molecule has 0 unspecified atom stereocenters. The fraction of sp³-hybridized carbons (Fsp3) is 0.300. The number of nitrogens with zero attached hydrogens (tertiary/aromatic N) is 2. The Morgan fingerprint density at radius 3 is 2.87 bits per heavy atom. The van der Waals surface area contributed by atoms with Crippen molar-refractivity contribution in [1.29, 1.82) is 0 Å². The summed E-state index contributed by atoms with van der Waals surface area (Å²) < 4.78 is 0. The second-order valence-electron chi connectivity index (χ2n) is 3.61. The van der Waals surface area contributed by atoms with Crippen molar-refractivity contribution < 1.29 is 4.79 Å². The normalized spacial score (nSPS) is 11.2. The van der Waals surface area contributed by atoms with Crippen LogP contribution in [0.25, 0.3) is 11.0 Å². The number of halogens is 1. The minimum absolute atomic E-state index is 0.0398. The summed E-state index contributed by atoms with van der Waals surface area (Å²) in [6, 6.07) is 0. The maximum Gasteiger partial charge on any atom is 0.167 e. The van der Waals surface area contributed by atoms with Crippen LogP contribution < -0.4 is 0 Å². The molecule has 0 amide bonds. The van der Waals surface area contributed by atoms with Gasteiger partial charge in [-0.1, -0.05) is 25.4 Å². The average Bonchev–Trinajstić information content (AvgIpc) is 2.61. The Labute approximate surface area is 91.7 Å². The van der Waals surface area contributed by atoms with Gasteiger partial charge in [0.25, 0.3) is 0 Å². The predicted octanol–water partition coefficient (Wildman–Crippen LogP) is 2.45. The van der Waals surface area contributed by atoms with Gasteiger partial charge in [0.05, 0.1) is 5.39 Å². The fourth-order valence-electron chi connectivity index (χ4n) is 1.43. The molecule has 0 bridgehead atoms. The van der Waals surface area contributed by atoms with Gasteiger partial charge in [-0.05, 0) is 0 Å². The van der Waals surface area contributed by atoms with Crippen molar-refractivity contribution in [2.75, 3.05) is 0 Å². The van der Waals surface area contributed by atoms with Crippen LogP contribution in [0.1, 0.15) is 24.2 Å². The molecule has 78 valence electrons. The van der Waals surface area contributed by atoms with Crippen molar-refractivity contribution in [3.63, 3.8) is 0 Å². The highest BCUT2D eigenvalue weighted by Gasteiger charge is 2.18. The van der Waals surface area contributed by atoms with Gasteiger partial charge in [-0.3, -0.25) is 4.79 Å². The van der Waals surface area contributed by atoms with E-state index < -0.39 is 0 Å². The number of fused-ring (bicyclic) bond motifs is 1. The van der Waals surface area contributed by atoms with E-state index in [2.05, 4.69) is 15.0 Å². The summed E-state index contributed by atoms with van der Waals surface area (Å²) in [5.41, 5.74) is 1.16. The molecule has 2 heterocycles. The maximum absolute atomic E-state index is 11.8. The van der Waals surface area contributed by atoms with E-state index in [9.17, 15) is 4.79 Å². The van der Waals surface area contributed by atoms with E-state index >= 15 is 0 Å². The molecule has 2 rings (SSSR count). The Morgan fingerprint density at radius 2 is 2.20 bits per heavy atom. The first-order valence-electron chi connectivity index (χ1n) is 4.63. The molecular formula is C10H10ClN3O. The number of ketones is 1. The lowest BCUT2D eigenvalue weighted by Crippen LogP contribution is -2.06. The van der Waals surface area contributed by atoms with E-state index in [4.69, 9.17) is 11.6 Å². The van der Waals surface area contributed by atoms with Crippen molar-refractivity contribution in [2.24, 2.45) is 5.92 Å². The molecule has 1 N–H and O–H groups in total. The lowest BCUT2D eigenvalue weighted by atomic mass is 10.0. The highest BCUT2D eigenvalue weighted by molar-refractivity contribution is 6.35. The lowest BCUT2D eigenvalue weighted by molar-refractivity contribution is 0.0941. The standard InChI is InChI=1S/C10H10ClN3O/c1-5(2)8(15)6-3-12-10-7(6)9(11)13-4-14-10/h3-5H,1-2H3,(H,12,13,14). The Balaban J connectivity index is 2.67. The van der Waals surface area contributed by atoms with Gasteiger partial charge in [-0.15, -0.1) is 0 Å². The molecule has 0 spiro atoms. The van der Waals surface area contributed by atoms with E-state index in [1.54, 1.807) is 6.20 Å². The first-order chi connectivity index (χ1) is 7.11. The van der Waals surface area contributed by atoms with E-state index in [1.807, 2.05) is 13.8 Å². The molecule has 0 aliphatic rings. The Morgan fingerprint density at radius 1 is 1.47 bits per heavy atom. The van der Waals surface area contributed by atoms with Gasteiger partial charge in [0, 0.05) is 17.7 Å². The number of carbonyl (C=O) groups excluding carboxylic acids is 1. The number of hydrogen-bond acceptors (Lipinski definition) is 3. The van der Waals surface area contributed by atoms with Crippen molar-refractivity contribution in [1.82, 2.24) is 15.0 Å². The number of aromatic nitrogens is 3. The molecule has 0 saturated carbocycles. The zero-order chi connectivity index (χ0) is 11.0. The van der Waals surface area contributed by atoms with Crippen molar-refractivity contribution >= 4 is 28.4 Å². The Kier molecular flexibility index (Phi) is 2.44. The van der Waals surface area contributed by atoms with Crippen LogP contribution in [0.3, 0.4) is 0 Å². The largest absolute Gasteiger partial charge is 0.345 e. The van der Waals surface area contributed by atoms with Gasteiger partial charge in [-0.25, -0.2) is 9.97 Å². The average molecular weight is 224 g/mol. The smallest absolute Gasteiger partial charge is 0.167 e. The molecule has 2 aromatic heterocycles. The minimum atomic E-state index is -0.0692. The first-order valence-corrected chi connectivity index (χ1v) is 5.01. The zero-order valence-corrected chi connectivity index (χ0v) is 9.17. The highest BCUT2D eigenvalue weighted by atomic mass is 35.5. The summed E-state index contributed by atoms with van der Waals surface area (Å²) in [5, 5.41) is 0.920. The summed E-state index contributed by atoms with van der Waals surface area (Å²) >= 11 is 5.93. The molecule has 0 fully saturated rings. The first kappa shape index (κ1) is 10.1. The van der Waals surface area contributed by atoms with Gasteiger partial charge >= 0.3 is 0 Å². The number of nitrogens with one attached hydrogen (secondary N) is 1. The van der Waals surface area contributed by atoms with Crippen molar-refractivity contribution in [2.45, 2.75) is 13.8 Å². The van der Waals surface area contributed by atoms with E-state index in [0.717, 1.165) is 0 Å². The van der Waals surface area contributed by atoms with E-state index in [-0.39, 0.29) is 11.7 Å². The van der Waals surface area contributed by atoms with Crippen LogP contribution in [0.4, 0.5) is 0 Å².